The van der Waals surface area contributed by atoms with Gasteiger partial charge in [-0.15, -0.1) is 0 Å². The van der Waals surface area contributed by atoms with E-state index < -0.39 is 0 Å². The summed E-state index contributed by atoms with van der Waals surface area (Å²) in [7, 11) is 1.58. The zero-order valence-corrected chi connectivity index (χ0v) is 7.66. The van der Waals surface area contributed by atoms with Crippen LogP contribution in [-0.4, -0.2) is 13.0 Å². The fourth-order valence-electron chi connectivity index (χ4n) is 0.949. The molecule has 1 rings (SSSR count). The van der Waals surface area contributed by atoms with Crippen LogP contribution in [-0.2, 0) is 0 Å². The molecular formula is C11H8N2O. The summed E-state index contributed by atoms with van der Waals surface area (Å²) in [6.45, 7) is 0. The summed E-state index contributed by atoms with van der Waals surface area (Å²) in [4.78, 5) is 11.1. The largest absolute Gasteiger partial charge is 0.355 e. The van der Waals surface area contributed by atoms with Gasteiger partial charge >= 0.3 is 0 Å². The van der Waals surface area contributed by atoms with Gasteiger partial charge in [0.25, 0.3) is 5.91 Å². The number of amides is 1. The molecule has 0 unspecified atom stereocenters. The van der Waals surface area contributed by atoms with Crippen molar-refractivity contribution in [3.8, 4) is 17.9 Å². The molecule has 0 saturated carbocycles. The Morgan fingerprint density at radius 2 is 2.00 bits per heavy atom. The molecule has 0 heterocycles. The molecule has 3 nitrogen and oxygen atoms in total. The maximum atomic E-state index is 11.1. The average Bonchev–Trinajstić information content (AvgIpc) is 2.26. The molecule has 0 bridgehead atoms. The van der Waals surface area contributed by atoms with E-state index in [1.165, 1.54) is 0 Å². The summed E-state index contributed by atoms with van der Waals surface area (Å²) in [5.74, 6) is 4.78. The van der Waals surface area contributed by atoms with Crippen molar-refractivity contribution in [1.82, 2.24) is 5.32 Å². The number of carbonyl (C=O) groups is 1. The highest BCUT2D eigenvalue weighted by Crippen LogP contribution is 2.02. The van der Waals surface area contributed by atoms with E-state index in [1.54, 1.807) is 37.4 Å². The molecule has 0 fully saturated rings. The highest BCUT2D eigenvalue weighted by molar-refractivity contribution is 5.94. The van der Waals surface area contributed by atoms with Gasteiger partial charge < -0.3 is 5.32 Å². The number of rotatable bonds is 1. The fourth-order valence-corrected chi connectivity index (χ4v) is 0.949. The third-order valence-corrected chi connectivity index (χ3v) is 1.64. The summed E-state index contributed by atoms with van der Waals surface area (Å²) < 4.78 is 0. The van der Waals surface area contributed by atoms with Gasteiger partial charge in [-0.05, 0) is 24.3 Å². The molecule has 0 aliphatic carbocycles. The van der Waals surface area contributed by atoms with Crippen molar-refractivity contribution in [3.05, 3.63) is 35.4 Å². The summed E-state index contributed by atoms with van der Waals surface area (Å²) in [5.41, 5.74) is 1.30. The lowest BCUT2D eigenvalue weighted by atomic mass is 10.1. The monoisotopic (exact) mass is 184 g/mol. The molecule has 0 saturated heterocycles. The van der Waals surface area contributed by atoms with Crippen molar-refractivity contribution in [1.29, 1.82) is 5.26 Å². The zero-order valence-electron chi connectivity index (χ0n) is 7.66. The summed E-state index contributed by atoms with van der Waals surface area (Å²) in [5, 5.41) is 10.7. The normalized spacial score (nSPS) is 8.00. The lowest BCUT2D eigenvalue weighted by Crippen LogP contribution is -2.17. The van der Waals surface area contributed by atoms with Crippen molar-refractivity contribution in [2.75, 3.05) is 7.05 Å². The minimum Gasteiger partial charge on any atom is -0.355 e. The number of nitrogens with one attached hydrogen (secondary N) is 1. The Balaban J connectivity index is 2.90. The van der Waals surface area contributed by atoms with Gasteiger partial charge in [-0.3, -0.25) is 4.79 Å². The van der Waals surface area contributed by atoms with Crippen LogP contribution in [0.4, 0.5) is 0 Å². The van der Waals surface area contributed by atoms with Crippen LogP contribution >= 0.6 is 0 Å². The van der Waals surface area contributed by atoms with E-state index >= 15 is 0 Å². The zero-order chi connectivity index (χ0) is 10.4. The van der Waals surface area contributed by atoms with Crippen LogP contribution < -0.4 is 5.32 Å². The van der Waals surface area contributed by atoms with Gasteiger partial charge in [0.2, 0.25) is 0 Å². The third-order valence-electron chi connectivity index (χ3n) is 1.64. The number of nitrogens with zero attached hydrogens (tertiary/aromatic N) is 1. The van der Waals surface area contributed by atoms with Crippen molar-refractivity contribution in [3.63, 3.8) is 0 Å². The second-order valence-electron chi connectivity index (χ2n) is 2.52. The van der Waals surface area contributed by atoms with Crippen LogP contribution in [0, 0.1) is 23.2 Å². The molecule has 1 amide bonds. The lowest BCUT2D eigenvalue weighted by molar-refractivity contribution is 0.0963. The van der Waals surface area contributed by atoms with E-state index in [1.807, 2.05) is 0 Å². The van der Waals surface area contributed by atoms with Crippen LogP contribution in [0.5, 0.6) is 0 Å². The van der Waals surface area contributed by atoms with Crippen molar-refractivity contribution >= 4 is 5.91 Å². The van der Waals surface area contributed by atoms with Crippen molar-refractivity contribution in [2.24, 2.45) is 0 Å². The number of hydrogen-bond donors (Lipinski definition) is 1. The maximum absolute atomic E-state index is 11.1. The van der Waals surface area contributed by atoms with Crippen molar-refractivity contribution in [2.45, 2.75) is 0 Å². The Bertz CT molecular complexity index is 429. The Morgan fingerprint density at radius 1 is 1.36 bits per heavy atom. The topological polar surface area (TPSA) is 52.9 Å². The quantitative estimate of drug-likeness (QED) is 0.660. The SMILES string of the molecule is CNC(=O)c1ccc(C#CC#N)cc1. The first-order valence-corrected chi connectivity index (χ1v) is 4.00. The smallest absolute Gasteiger partial charge is 0.251 e. The first-order chi connectivity index (χ1) is 6.77. The third kappa shape index (κ3) is 2.36. The number of carbonyl (C=O) groups excluding carboxylic acids is 1. The predicted octanol–water partition coefficient (Wildman–Crippen LogP) is 0.921. The highest BCUT2D eigenvalue weighted by Gasteiger charge is 2.00. The number of nitriles is 1. The van der Waals surface area contributed by atoms with Crippen LogP contribution in [0.1, 0.15) is 15.9 Å². The van der Waals surface area contributed by atoms with E-state index in [2.05, 4.69) is 17.2 Å². The van der Waals surface area contributed by atoms with Crippen LogP contribution in [0.2, 0.25) is 0 Å². The molecule has 1 aromatic carbocycles. The number of benzene rings is 1. The average molecular weight is 184 g/mol. The van der Waals surface area contributed by atoms with E-state index in [9.17, 15) is 4.79 Å². The molecule has 1 N–H and O–H groups in total. The molecule has 0 aliphatic rings. The predicted molar refractivity (Wildman–Crippen MR) is 52.3 cm³/mol. The highest BCUT2D eigenvalue weighted by atomic mass is 16.1. The van der Waals surface area contributed by atoms with Crippen LogP contribution in [0.3, 0.4) is 0 Å². The summed E-state index contributed by atoms with van der Waals surface area (Å²) >= 11 is 0. The van der Waals surface area contributed by atoms with E-state index in [0.717, 1.165) is 5.56 Å². The Morgan fingerprint density at radius 3 is 2.50 bits per heavy atom. The van der Waals surface area contributed by atoms with Gasteiger partial charge in [-0.25, -0.2) is 0 Å². The number of hydrogen-bond acceptors (Lipinski definition) is 2. The summed E-state index contributed by atoms with van der Waals surface area (Å²) in [6, 6.07) is 8.46. The standard InChI is InChI=1S/C11H8N2O/c1-13-11(14)10-6-4-9(5-7-10)3-2-8-12/h4-7H,1H3,(H,13,14). The van der Waals surface area contributed by atoms with Crippen LogP contribution in [0.25, 0.3) is 0 Å². The molecule has 0 aliphatic heterocycles. The van der Waals surface area contributed by atoms with Gasteiger partial charge in [0.05, 0.1) is 0 Å². The molecule has 3 heteroatoms. The van der Waals surface area contributed by atoms with Gasteiger partial charge in [-0.2, -0.15) is 5.26 Å². The molecule has 0 aromatic heterocycles. The minimum absolute atomic E-state index is 0.134. The first kappa shape index (κ1) is 9.83. The Hall–Kier alpha value is -2.26. The van der Waals surface area contributed by atoms with Gasteiger partial charge in [0, 0.05) is 24.1 Å². The molecule has 1 aromatic rings. The molecule has 68 valence electrons. The summed E-state index contributed by atoms with van der Waals surface area (Å²) in [6.07, 6.45) is 0. The first-order valence-electron chi connectivity index (χ1n) is 4.00. The molecule has 14 heavy (non-hydrogen) atoms. The van der Waals surface area contributed by atoms with E-state index in [-0.39, 0.29) is 5.91 Å². The lowest BCUT2D eigenvalue weighted by Gasteiger charge is -1.98. The van der Waals surface area contributed by atoms with Gasteiger partial charge in [0.15, 0.2) is 6.07 Å². The Kier molecular flexibility index (Phi) is 3.29. The van der Waals surface area contributed by atoms with Gasteiger partial charge in [0.1, 0.15) is 0 Å². The van der Waals surface area contributed by atoms with Crippen LogP contribution in [0.15, 0.2) is 24.3 Å². The van der Waals surface area contributed by atoms with E-state index in [0.29, 0.717) is 5.56 Å². The molecule has 0 spiro atoms. The second-order valence-corrected chi connectivity index (χ2v) is 2.52. The molecule has 0 atom stereocenters. The maximum Gasteiger partial charge on any atom is 0.251 e. The van der Waals surface area contributed by atoms with E-state index in [4.69, 9.17) is 5.26 Å². The fraction of sp³-hybridized carbons (Fsp3) is 0.0909. The Labute approximate surface area is 82.4 Å². The second kappa shape index (κ2) is 4.69. The van der Waals surface area contributed by atoms with Crippen molar-refractivity contribution < 1.29 is 4.79 Å². The molecular weight excluding hydrogens is 176 g/mol. The van der Waals surface area contributed by atoms with Gasteiger partial charge in [-0.1, -0.05) is 5.92 Å². The molecule has 0 radical (unpaired) electrons. The minimum atomic E-state index is -0.134.